The standard InChI is InChI=1S/C23H24N2O5/c1-29-18-11-13-7-9-25-10-8-17(26)20(21(25)14(13)12-19(18)30-2)23(28)15-5-3-4-6-16(15)24-22(23)27/h3-6,11-12,20-21,28H,7-10H2,1-2H3,(H,24,27). The monoisotopic (exact) mass is 408 g/mol. The van der Waals surface area contributed by atoms with Gasteiger partial charge in [-0.15, -0.1) is 0 Å². The zero-order chi connectivity index (χ0) is 21.0. The van der Waals surface area contributed by atoms with Crippen LogP contribution in [0.3, 0.4) is 0 Å². The molecule has 3 unspecified atom stereocenters. The van der Waals surface area contributed by atoms with Crippen LogP contribution in [0.4, 0.5) is 5.69 Å². The van der Waals surface area contributed by atoms with Crippen LogP contribution in [0.1, 0.15) is 29.2 Å². The number of carbonyl (C=O) groups is 2. The number of benzene rings is 2. The van der Waals surface area contributed by atoms with Crippen molar-refractivity contribution in [2.24, 2.45) is 5.92 Å². The molecule has 156 valence electrons. The number of ketones is 1. The van der Waals surface area contributed by atoms with Crippen LogP contribution in [-0.2, 0) is 21.6 Å². The number of piperidine rings is 1. The van der Waals surface area contributed by atoms with Crippen LogP contribution < -0.4 is 14.8 Å². The van der Waals surface area contributed by atoms with Gasteiger partial charge in [-0.3, -0.25) is 14.5 Å². The van der Waals surface area contributed by atoms with E-state index in [1.807, 2.05) is 12.1 Å². The molecule has 0 saturated carbocycles. The van der Waals surface area contributed by atoms with Crippen molar-refractivity contribution in [2.75, 3.05) is 32.6 Å². The van der Waals surface area contributed by atoms with Crippen LogP contribution in [0.15, 0.2) is 36.4 Å². The Bertz CT molecular complexity index is 1050. The fraction of sp³-hybridized carbons (Fsp3) is 0.391. The lowest BCUT2D eigenvalue weighted by atomic mass is 9.68. The van der Waals surface area contributed by atoms with Crippen molar-refractivity contribution >= 4 is 17.4 Å². The number of ether oxygens (including phenoxy) is 2. The first-order valence-corrected chi connectivity index (χ1v) is 10.1. The molecular weight excluding hydrogens is 384 g/mol. The van der Waals surface area contributed by atoms with E-state index in [4.69, 9.17) is 9.47 Å². The summed E-state index contributed by atoms with van der Waals surface area (Å²) in [5, 5.41) is 14.5. The van der Waals surface area contributed by atoms with Gasteiger partial charge < -0.3 is 19.9 Å². The van der Waals surface area contributed by atoms with Crippen LogP contribution in [0.25, 0.3) is 0 Å². The van der Waals surface area contributed by atoms with Crippen LogP contribution in [0.2, 0.25) is 0 Å². The molecule has 3 atom stereocenters. The second kappa shape index (κ2) is 6.82. The quantitative estimate of drug-likeness (QED) is 0.808. The highest BCUT2D eigenvalue weighted by Gasteiger charge is 2.59. The smallest absolute Gasteiger partial charge is 0.261 e. The fourth-order valence-corrected chi connectivity index (χ4v) is 5.29. The molecule has 1 amide bonds. The number of para-hydroxylation sites is 1. The van der Waals surface area contributed by atoms with Crippen molar-refractivity contribution in [1.82, 2.24) is 4.90 Å². The predicted molar refractivity (Wildman–Crippen MR) is 110 cm³/mol. The molecule has 0 spiro atoms. The highest BCUT2D eigenvalue weighted by atomic mass is 16.5. The maximum Gasteiger partial charge on any atom is 0.261 e. The molecule has 0 bridgehead atoms. The van der Waals surface area contributed by atoms with Crippen molar-refractivity contribution in [3.63, 3.8) is 0 Å². The third-order valence-electron chi connectivity index (χ3n) is 6.72. The molecule has 2 N–H and O–H groups in total. The van der Waals surface area contributed by atoms with Crippen LogP contribution in [0, 0.1) is 5.92 Å². The van der Waals surface area contributed by atoms with Gasteiger partial charge in [0.15, 0.2) is 17.1 Å². The SMILES string of the molecule is COc1cc2c(cc1OC)C1C(C3(O)C(=O)Nc4ccccc43)C(=O)CCN1CC2. The molecule has 2 aromatic rings. The van der Waals surface area contributed by atoms with E-state index in [1.165, 1.54) is 0 Å². The van der Waals surface area contributed by atoms with Crippen molar-refractivity contribution in [3.8, 4) is 11.5 Å². The number of hydrogen-bond acceptors (Lipinski definition) is 6. The molecule has 0 radical (unpaired) electrons. The van der Waals surface area contributed by atoms with Crippen LogP contribution >= 0.6 is 0 Å². The summed E-state index contributed by atoms with van der Waals surface area (Å²) in [4.78, 5) is 28.5. The van der Waals surface area contributed by atoms with Gasteiger partial charge in [-0.2, -0.15) is 0 Å². The van der Waals surface area contributed by atoms with Crippen LogP contribution in [-0.4, -0.2) is 49.0 Å². The Kier molecular flexibility index (Phi) is 4.34. The van der Waals surface area contributed by atoms with E-state index >= 15 is 0 Å². The molecule has 1 saturated heterocycles. The Morgan fingerprint density at radius 2 is 1.77 bits per heavy atom. The molecule has 5 rings (SSSR count). The van der Waals surface area contributed by atoms with Crippen molar-refractivity contribution < 1.29 is 24.2 Å². The highest BCUT2D eigenvalue weighted by molar-refractivity contribution is 6.08. The fourth-order valence-electron chi connectivity index (χ4n) is 5.29. The predicted octanol–water partition coefficient (Wildman–Crippen LogP) is 2.03. The van der Waals surface area contributed by atoms with E-state index in [2.05, 4.69) is 10.2 Å². The Hall–Kier alpha value is -2.90. The summed E-state index contributed by atoms with van der Waals surface area (Å²) in [5.74, 6) is -0.360. The summed E-state index contributed by atoms with van der Waals surface area (Å²) in [5.41, 5.74) is 1.05. The van der Waals surface area contributed by atoms with E-state index in [-0.39, 0.29) is 5.78 Å². The molecule has 3 aliphatic heterocycles. The first-order chi connectivity index (χ1) is 14.5. The van der Waals surface area contributed by atoms with Crippen molar-refractivity contribution in [3.05, 3.63) is 53.1 Å². The third kappa shape index (κ3) is 2.52. The number of Topliss-reactive ketones (excluding diaryl/α,β-unsaturated/α-hetero) is 1. The first-order valence-electron chi connectivity index (χ1n) is 10.1. The number of amides is 1. The zero-order valence-corrected chi connectivity index (χ0v) is 17.0. The third-order valence-corrected chi connectivity index (χ3v) is 6.72. The van der Waals surface area contributed by atoms with Gasteiger partial charge in [-0.25, -0.2) is 0 Å². The zero-order valence-electron chi connectivity index (χ0n) is 17.0. The maximum absolute atomic E-state index is 13.3. The van der Waals surface area contributed by atoms with E-state index < -0.39 is 23.5 Å². The van der Waals surface area contributed by atoms with Gasteiger partial charge in [0.25, 0.3) is 5.91 Å². The number of rotatable bonds is 3. The van der Waals surface area contributed by atoms with E-state index in [1.54, 1.807) is 38.5 Å². The average molecular weight is 408 g/mol. The van der Waals surface area contributed by atoms with Gasteiger partial charge in [0.2, 0.25) is 0 Å². The normalized spacial score (nSPS) is 27.7. The van der Waals surface area contributed by atoms with Crippen molar-refractivity contribution in [1.29, 1.82) is 0 Å². The number of nitrogens with one attached hydrogen (secondary N) is 1. The second-order valence-electron chi connectivity index (χ2n) is 8.10. The molecule has 0 aromatic heterocycles. The number of fused-ring (bicyclic) bond motifs is 4. The number of nitrogens with zero attached hydrogens (tertiary/aromatic N) is 1. The Morgan fingerprint density at radius 3 is 2.53 bits per heavy atom. The Morgan fingerprint density at radius 1 is 1.07 bits per heavy atom. The summed E-state index contributed by atoms with van der Waals surface area (Å²) in [6, 6.07) is 10.4. The minimum Gasteiger partial charge on any atom is -0.493 e. The van der Waals surface area contributed by atoms with Gasteiger partial charge in [0.1, 0.15) is 5.78 Å². The van der Waals surface area contributed by atoms with Gasteiger partial charge >= 0.3 is 0 Å². The van der Waals surface area contributed by atoms with Gasteiger partial charge in [0, 0.05) is 36.8 Å². The number of anilines is 1. The molecule has 1 fully saturated rings. The Balaban J connectivity index is 1.70. The molecule has 30 heavy (non-hydrogen) atoms. The lowest BCUT2D eigenvalue weighted by Crippen LogP contribution is -2.56. The van der Waals surface area contributed by atoms with Gasteiger partial charge in [-0.1, -0.05) is 18.2 Å². The number of aliphatic hydroxyl groups is 1. The maximum atomic E-state index is 13.3. The molecule has 7 heteroatoms. The summed E-state index contributed by atoms with van der Waals surface area (Å²) in [6.07, 6.45) is 1.11. The summed E-state index contributed by atoms with van der Waals surface area (Å²) in [7, 11) is 3.16. The number of carbonyl (C=O) groups excluding carboxylic acids is 2. The average Bonchev–Trinajstić information content (AvgIpc) is 3.03. The second-order valence-corrected chi connectivity index (χ2v) is 8.10. The lowest BCUT2D eigenvalue weighted by Gasteiger charge is -2.48. The van der Waals surface area contributed by atoms with E-state index in [0.29, 0.717) is 35.7 Å². The molecule has 3 aliphatic rings. The molecular formula is C23H24N2O5. The minimum atomic E-state index is -1.92. The Labute approximate surface area is 174 Å². The minimum absolute atomic E-state index is 0.103. The number of methoxy groups -OCH3 is 2. The molecule has 3 heterocycles. The molecule has 2 aromatic carbocycles. The van der Waals surface area contributed by atoms with Gasteiger partial charge in [-0.05, 0) is 35.7 Å². The highest BCUT2D eigenvalue weighted by Crippen LogP contribution is 2.52. The molecule has 0 aliphatic carbocycles. The molecule has 7 nitrogen and oxygen atoms in total. The van der Waals surface area contributed by atoms with Gasteiger partial charge in [0.05, 0.1) is 20.1 Å². The topological polar surface area (TPSA) is 88.1 Å². The summed E-state index contributed by atoms with van der Waals surface area (Å²) in [6.45, 7) is 1.35. The lowest BCUT2D eigenvalue weighted by molar-refractivity contribution is -0.158. The van der Waals surface area contributed by atoms with E-state index in [9.17, 15) is 14.7 Å². The van der Waals surface area contributed by atoms with E-state index in [0.717, 1.165) is 24.1 Å². The first kappa shape index (κ1) is 19.1. The van der Waals surface area contributed by atoms with Crippen LogP contribution in [0.5, 0.6) is 11.5 Å². The summed E-state index contributed by atoms with van der Waals surface area (Å²) >= 11 is 0. The summed E-state index contributed by atoms with van der Waals surface area (Å²) < 4.78 is 11.0. The largest absolute Gasteiger partial charge is 0.493 e. The van der Waals surface area contributed by atoms with Crippen molar-refractivity contribution in [2.45, 2.75) is 24.5 Å². The number of hydrogen-bond donors (Lipinski definition) is 2.